The minimum atomic E-state index is -0.990. The Kier molecular flexibility index (Phi) is 15.9. The van der Waals surface area contributed by atoms with Gasteiger partial charge in [0.05, 0.1) is 0 Å². The van der Waals surface area contributed by atoms with E-state index in [2.05, 4.69) is 49.6 Å². The third-order valence-corrected chi connectivity index (χ3v) is 2.25. The third kappa shape index (κ3) is 16.9. The van der Waals surface area contributed by atoms with Crippen molar-refractivity contribution in [2.75, 3.05) is 6.54 Å². The number of ether oxygens (including phenoxy) is 1. The zero-order chi connectivity index (χ0) is 15.1. The van der Waals surface area contributed by atoms with Crippen molar-refractivity contribution in [1.82, 2.24) is 5.32 Å². The molecule has 0 rings (SSSR count). The van der Waals surface area contributed by atoms with Gasteiger partial charge in [-0.15, -0.1) is 0 Å². The van der Waals surface area contributed by atoms with E-state index < -0.39 is 12.3 Å². The summed E-state index contributed by atoms with van der Waals surface area (Å²) in [6.45, 7) is 12.5. The fourth-order valence-electron chi connectivity index (χ4n) is 1.13. The molecule has 0 aliphatic heterocycles. The van der Waals surface area contributed by atoms with E-state index in [0.29, 0.717) is 12.5 Å². The van der Waals surface area contributed by atoms with Crippen LogP contribution in [0, 0.1) is 0 Å². The summed E-state index contributed by atoms with van der Waals surface area (Å²) in [7, 11) is 0. The molecular formula is C15H29NO3. The van der Waals surface area contributed by atoms with Gasteiger partial charge in [0, 0.05) is 18.5 Å². The molecule has 2 atom stereocenters. The second-order valence-corrected chi connectivity index (χ2v) is 4.13. The fourth-order valence-corrected chi connectivity index (χ4v) is 1.13. The maximum Gasteiger partial charge on any atom is 0.332 e. The molecule has 112 valence electrons. The number of aliphatic hydroxyl groups excluding tert-OH is 1. The van der Waals surface area contributed by atoms with Crippen LogP contribution < -0.4 is 5.32 Å². The summed E-state index contributed by atoms with van der Waals surface area (Å²) in [6.07, 6.45) is 7.24. The van der Waals surface area contributed by atoms with E-state index in [4.69, 9.17) is 5.11 Å². The standard InChI is InChI=1S/C9H19N.C6H10O3/c1-4-6-8-10-9(3)7-5-2;1-3-5(7)9-6(8)4-2/h5,7,9-10H,4,6,8H2,1-3H3;3,6,8H,1,4H2,2H3. The highest BCUT2D eigenvalue weighted by Gasteiger charge is 2.02. The second kappa shape index (κ2) is 14.9. The Balaban J connectivity index is 0. The van der Waals surface area contributed by atoms with Crippen LogP contribution in [0.15, 0.2) is 24.8 Å². The predicted octanol–water partition coefficient (Wildman–Crippen LogP) is 2.78. The monoisotopic (exact) mass is 271 g/mol. The van der Waals surface area contributed by atoms with Gasteiger partial charge in [-0.3, -0.25) is 0 Å². The van der Waals surface area contributed by atoms with Crippen LogP contribution in [0.25, 0.3) is 0 Å². The molecule has 0 aromatic heterocycles. The average Bonchev–Trinajstić information content (AvgIpc) is 2.39. The molecule has 2 N–H and O–H groups in total. The van der Waals surface area contributed by atoms with Gasteiger partial charge in [0.15, 0.2) is 0 Å². The number of carbonyl (C=O) groups is 1. The van der Waals surface area contributed by atoms with E-state index in [1.165, 1.54) is 12.8 Å². The number of hydrogen-bond acceptors (Lipinski definition) is 4. The van der Waals surface area contributed by atoms with Crippen molar-refractivity contribution in [1.29, 1.82) is 0 Å². The maximum atomic E-state index is 10.3. The van der Waals surface area contributed by atoms with Gasteiger partial charge in [-0.1, -0.05) is 39.0 Å². The molecular weight excluding hydrogens is 242 g/mol. The molecule has 0 aliphatic carbocycles. The van der Waals surface area contributed by atoms with E-state index >= 15 is 0 Å². The van der Waals surface area contributed by atoms with Crippen molar-refractivity contribution < 1.29 is 14.6 Å². The zero-order valence-corrected chi connectivity index (χ0v) is 12.7. The summed E-state index contributed by atoms with van der Waals surface area (Å²) < 4.78 is 4.35. The fraction of sp³-hybridized carbons (Fsp3) is 0.667. The minimum Gasteiger partial charge on any atom is -0.433 e. The topological polar surface area (TPSA) is 58.6 Å². The van der Waals surface area contributed by atoms with Crippen LogP contribution in [-0.2, 0) is 9.53 Å². The summed E-state index contributed by atoms with van der Waals surface area (Å²) in [5.74, 6) is -0.593. The molecule has 2 unspecified atom stereocenters. The second-order valence-electron chi connectivity index (χ2n) is 4.13. The highest BCUT2D eigenvalue weighted by atomic mass is 16.6. The molecule has 0 amide bonds. The van der Waals surface area contributed by atoms with E-state index in [0.717, 1.165) is 12.6 Å². The highest BCUT2D eigenvalue weighted by molar-refractivity contribution is 5.81. The van der Waals surface area contributed by atoms with Crippen molar-refractivity contribution in [2.24, 2.45) is 0 Å². The number of unbranched alkanes of at least 4 members (excludes halogenated alkanes) is 1. The zero-order valence-electron chi connectivity index (χ0n) is 12.7. The Hall–Kier alpha value is -1.13. The Morgan fingerprint density at radius 2 is 2.11 bits per heavy atom. The summed E-state index contributed by atoms with van der Waals surface area (Å²) in [5, 5.41) is 12.1. The molecule has 0 aromatic carbocycles. The molecule has 0 spiro atoms. The van der Waals surface area contributed by atoms with Gasteiger partial charge in [-0.2, -0.15) is 0 Å². The number of rotatable bonds is 8. The van der Waals surface area contributed by atoms with Gasteiger partial charge in [-0.25, -0.2) is 4.79 Å². The molecule has 0 aromatic rings. The van der Waals surface area contributed by atoms with Crippen molar-refractivity contribution in [3.05, 3.63) is 24.8 Å². The van der Waals surface area contributed by atoms with Crippen LogP contribution >= 0.6 is 0 Å². The summed E-state index contributed by atoms with van der Waals surface area (Å²) in [6, 6.07) is 0.538. The van der Waals surface area contributed by atoms with Crippen LogP contribution in [0.4, 0.5) is 0 Å². The summed E-state index contributed by atoms with van der Waals surface area (Å²) >= 11 is 0. The van der Waals surface area contributed by atoms with Crippen LogP contribution in [0.1, 0.15) is 47.0 Å². The third-order valence-electron chi connectivity index (χ3n) is 2.25. The Morgan fingerprint density at radius 3 is 2.53 bits per heavy atom. The van der Waals surface area contributed by atoms with Crippen molar-refractivity contribution in [2.45, 2.75) is 59.3 Å². The van der Waals surface area contributed by atoms with Crippen molar-refractivity contribution in [3.8, 4) is 0 Å². The number of nitrogens with one attached hydrogen (secondary N) is 1. The number of carbonyl (C=O) groups excluding carboxylic acids is 1. The van der Waals surface area contributed by atoms with E-state index in [-0.39, 0.29) is 0 Å². The highest BCUT2D eigenvalue weighted by Crippen LogP contribution is 1.92. The van der Waals surface area contributed by atoms with Gasteiger partial charge >= 0.3 is 5.97 Å². The van der Waals surface area contributed by atoms with E-state index in [9.17, 15) is 4.79 Å². The molecule has 0 saturated carbocycles. The molecule has 0 fully saturated rings. The van der Waals surface area contributed by atoms with Crippen LogP contribution in [-0.4, -0.2) is 30.0 Å². The van der Waals surface area contributed by atoms with Gasteiger partial charge in [0.2, 0.25) is 6.29 Å². The van der Waals surface area contributed by atoms with Gasteiger partial charge in [0.1, 0.15) is 0 Å². The van der Waals surface area contributed by atoms with Crippen LogP contribution in [0.3, 0.4) is 0 Å². The average molecular weight is 271 g/mol. The number of hydrogen-bond donors (Lipinski definition) is 2. The largest absolute Gasteiger partial charge is 0.433 e. The van der Waals surface area contributed by atoms with Gasteiger partial charge in [-0.05, 0) is 26.8 Å². The first-order valence-electron chi connectivity index (χ1n) is 6.89. The molecule has 0 radical (unpaired) electrons. The maximum absolute atomic E-state index is 10.3. The summed E-state index contributed by atoms with van der Waals surface area (Å²) in [5.41, 5.74) is 0. The normalized spacial score (nSPS) is 13.3. The smallest absolute Gasteiger partial charge is 0.332 e. The van der Waals surface area contributed by atoms with Crippen molar-refractivity contribution >= 4 is 5.97 Å². The lowest BCUT2D eigenvalue weighted by Gasteiger charge is -2.07. The number of aliphatic hydroxyl groups is 1. The number of esters is 1. The molecule has 0 saturated heterocycles. The SMILES string of the molecule is C=CC(=O)OC(O)CC.CC=CC(C)NCCCC. The molecule has 4 heteroatoms. The lowest BCUT2D eigenvalue weighted by atomic mass is 10.3. The minimum absolute atomic E-state index is 0.402. The van der Waals surface area contributed by atoms with Crippen LogP contribution in [0.2, 0.25) is 0 Å². The molecule has 0 aliphatic rings. The van der Waals surface area contributed by atoms with E-state index in [1.807, 2.05) is 0 Å². The Bertz CT molecular complexity index is 252. The Labute approximate surface area is 117 Å². The Morgan fingerprint density at radius 1 is 1.47 bits per heavy atom. The van der Waals surface area contributed by atoms with E-state index in [1.54, 1.807) is 6.92 Å². The molecule has 19 heavy (non-hydrogen) atoms. The first-order valence-corrected chi connectivity index (χ1v) is 6.89. The van der Waals surface area contributed by atoms with Crippen LogP contribution in [0.5, 0.6) is 0 Å². The number of allylic oxidation sites excluding steroid dienone is 1. The predicted molar refractivity (Wildman–Crippen MR) is 79.8 cm³/mol. The first kappa shape index (κ1) is 20.2. The summed E-state index contributed by atoms with van der Waals surface area (Å²) in [4.78, 5) is 10.3. The molecule has 0 bridgehead atoms. The van der Waals surface area contributed by atoms with Gasteiger partial charge in [0.25, 0.3) is 0 Å². The van der Waals surface area contributed by atoms with Gasteiger partial charge < -0.3 is 15.2 Å². The molecule has 0 heterocycles. The van der Waals surface area contributed by atoms with Crippen molar-refractivity contribution in [3.63, 3.8) is 0 Å². The first-order chi connectivity index (χ1) is 9.01. The lowest BCUT2D eigenvalue weighted by Crippen LogP contribution is -2.24. The quantitative estimate of drug-likeness (QED) is 0.234. The molecule has 4 nitrogen and oxygen atoms in total. The lowest BCUT2D eigenvalue weighted by molar-refractivity contribution is -0.161.